The number of aryl methyl sites for hydroxylation is 1. The Morgan fingerprint density at radius 1 is 0.700 bits per heavy atom. The average molecular weight is 555 g/mol. The summed E-state index contributed by atoms with van der Waals surface area (Å²) in [5, 5.41) is 12.9. The van der Waals surface area contributed by atoms with Crippen molar-refractivity contribution in [2.45, 2.75) is 25.8 Å². The van der Waals surface area contributed by atoms with Crippen molar-refractivity contribution in [3.8, 4) is 11.1 Å². The van der Waals surface area contributed by atoms with Crippen molar-refractivity contribution >= 4 is 29.4 Å². The minimum absolute atomic E-state index is 0.0977. The molecule has 0 fully saturated rings. The summed E-state index contributed by atoms with van der Waals surface area (Å²) in [6.07, 6.45) is 1.32. The summed E-state index contributed by atoms with van der Waals surface area (Å²) in [6.45, 7) is 0.842. The molecule has 0 unspecified atom stereocenters. The van der Waals surface area contributed by atoms with Crippen LogP contribution in [0.5, 0.6) is 0 Å². The van der Waals surface area contributed by atoms with Crippen molar-refractivity contribution in [1.29, 1.82) is 0 Å². The number of amides is 2. The lowest BCUT2D eigenvalue weighted by atomic mass is 9.94. The predicted octanol–water partition coefficient (Wildman–Crippen LogP) is 6.49. The molecule has 4 aromatic rings. The topological polar surface area (TPSA) is 86.7 Å². The molecular weight excluding hydrogens is 524 g/mol. The second-order valence-electron chi connectivity index (χ2n) is 9.43. The standard InChI is InChI=1S/C33H31ClN2O4/c34-26-18-16-25(17-19-26)23-35-32(39)29-14-6-4-12-27(29)28-13-5-7-15-30(28)33(40)36(22-20-31(37)38)21-8-11-24-9-2-1-3-10-24/h1-7,9-10,12-19H,8,11,20-23H2,(H,35,39)(H,37,38). The van der Waals surface area contributed by atoms with Crippen molar-refractivity contribution in [3.05, 3.63) is 130 Å². The Hall–Kier alpha value is -4.42. The van der Waals surface area contributed by atoms with Gasteiger partial charge in [0.05, 0.1) is 6.42 Å². The molecule has 204 valence electrons. The summed E-state index contributed by atoms with van der Waals surface area (Å²) in [5.41, 5.74) is 4.18. The number of nitrogens with zero attached hydrogens (tertiary/aromatic N) is 1. The number of aliphatic carboxylic acids is 1. The van der Waals surface area contributed by atoms with Crippen molar-refractivity contribution in [2.24, 2.45) is 0 Å². The maximum absolute atomic E-state index is 13.8. The highest BCUT2D eigenvalue weighted by Crippen LogP contribution is 2.28. The van der Waals surface area contributed by atoms with Crippen LogP contribution in [0, 0.1) is 0 Å². The van der Waals surface area contributed by atoms with Gasteiger partial charge in [-0.05, 0) is 59.4 Å². The van der Waals surface area contributed by atoms with Gasteiger partial charge in [0.25, 0.3) is 11.8 Å². The van der Waals surface area contributed by atoms with Crippen LogP contribution in [0.3, 0.4) is 0 Å². The van der Waals surface area contributed by atoms with E-state index >= 15 is 0 Å². The molecule has 0 heterocycles. The van der Waals surface area contributed by atoms with E-state index in [1.807, 2.05) is 66.7 Å². The van der Waals surface area contributed by atoms with Gasteiger partial charge in [-0.2, -0.15) is 0 Å². The number of benzene rings is 4. The molecule has 0 spiro atoms. The fraction of sp³-hybridized carbons (Fsp3) is 0.182. The first-order chi connectivity index (χ1) is 19.4. The van der Waals surface area contributed by atoms with Crippen LogP contribution in [-0.4, -0.2) is 40.9 Å². The Kier molecular flexibility index (Phi) is 10.1. The van der Waals surface area contributed by atoms with Crippen LogP contribution in [0.1, 0.15) is 44.7 Å². The summed E-state index contributed by atoms with van der Waals surface area (Å²) in [4.78, 5) is 40.0. The van der Waals surface area contributed by atoms with Gasteiger partial charge in [-0.1, -0.05) is 90.5 Å². The molecule has 40 heavy (non-hydrogen) atoms. The van der Waals surface area contributed by atoms with Crippen molar-refractivity contribution in [1.82, 2.24) is 10.2 Å². The Morgan fingerprint density at radius 3 is 1.98 bits per heavy atom. The molecule has 2 amide bonds. The number of halogens is 1. The van der Waals surface area contributed by atoms with Crippen molar-refractivity contribution in [3.63, 3.8) is 0 Å². The average Bonchev–Trinajstić information content (AvgIpc) is 2.98. The number of carbonyl (C=O) groups excluding carboxylic acids is 2. The molecular formula is C33H31ClN2O4. The number of nitrogens with one attached hydrogen (secondary N) is 1. The van der Waals surface area contributed by atoms with Gasteiger partial charge >= 0.3 is 5.97 Å². The molecule has 4 aromatic carbocycles. The minimum Gasteiger partial charge on any atom is -0.481 e. The van der Waals surface area contributed by atoms with E-state index in [9.17, 15) is 19.5 Å². The largest absolute Gasteiger partial charge is 0.481 e. The SMILES string of the molecule is O=C(O)CCN(CCCc1ccccc1)C(=O)c1ccccc1-c1ccccc1C(=O)NCc1ccc(Cl)cc1. The zero-order valence-corrected chi connectivity index (χ0v) is 22.8. The van der Waals surface area contributed by atoms with Crippen LogP contribution in [0.2, 0.25) is 5.02 Å². The summed E-state index contributed by atoms with van der Waals surface area (Å²) in [6, 6.07) is 31.5. The van der Waals surface area contributed by atoms with Crippen LogP contribution in [0.25, 0.3) is 11.1 Å². The van der Waals surface area contributed by atoms with Crippen LogP contribution in [0.15, 0.2) is 103 Å². The maximum atomic E-state index is 13.8. The number of hydrogen-bond donors (Lipinski definition) is 2. The third kappa shape index (κ3) is 7.80. The Morgan fingerprint density at radius 2 is 1.30 bits per heavy atom. The smallest absolute Gasteiger partial charge is 0.305 e. The Bertz CT molecular complexity index is 1460. The number of carboxylic acids is 1. The van der Waals surface area contributed by atoms with Crippen LogP contribution < -0.4 is 5.32 Å². The van der Waals surface area contributed by atoms with Gasteiger partial charge in [0.2, 0.25) is 0 Å². The van der Waals surface area contributed by atoms with E-state index in [4.69, 9.17) is 11.6 Å². The second kappa shape index (κ2) is 14.1. The molecule has 2 N–H and O–H groups in total. The minimum atomic E-state index is -0.961. The maximum Gasteiger partial charge on any atom is 0.305 e. The molecule has 0 saturated carbocycles. The van der Waals surface area contributed by atoms with E-state index in [1.165, 1.54) is 0 Å². The molecule has 0 saturated heterocycles. The van der Waals surface area contributed by atoms with E-state index in [1.54, 1.807) is 41.3 Å². The zero-order chi connectivity index (χ0) is 28.3. The highest BCUT2D eigenvalue weighted by Gasteiger charge is 2.22. The molecule has 6 nitrogen and oxygen atoms in total. The van der Waals surface area contributed by atoms with Gasteiger partial charge in [0, 0.05) is 35.8 Å². The lowest BCUT2D eigenvalue weighted by Gasteiger charge is -2.24. The summed E-state index contributed by atoms with van der Waals surface area (Å²) >= 11 is 5.97. The van der Waals surface area contributed by atoms with Crippen molar-refractivity contribution in [2.75, 3.05) is 13.1 Å². The molecule has 0 aliphatic heterocycles. The van der Waals surface area contributed by atoms with Gasteiger partial charge in [-0.15, -0.1) is 0 Å². The molecule has 7 heteroatoms. The van der Waals surface area contributed by atoms with Crippen LogP contribution in [-0.2, 0) is 17.8 Å². The first kappa shape index (κ1) is 28.6. The van der Waals surface area contributed by atoms with Gasteiger partial charge in [-0.3, -0.25) is 14.4 Å². The third-order valence-electron chi connectivity index (χ3n) is 6.60. The molecule has 0 bridgehead atoms. The first-order valence-corrected chi connectivity index (χ1v) is 13.6. The number of carbonyl (C=O) groups is 3. The fourth-order valence-electron chi connectivity index (χ4n) is 4.53. The van der Waals surface area contributed by atoms with Crippen LogP contribution >= 0.6 is 11.6 Å². The quantitative estimate of drug-likeness (QED) is 0.210. The Balaban J connectivity index is 1.56. The van der Waals surface area contributed by atoms with Gasteiger partial charge in [-0.25, -0.2) is 0 Å². The van der Waals surface area contributed by atoms with E-state index in [-0.39, 0.29) is 24.8 Å². The second-order valence-corrected chi connectivity index (χ2v) is 9.86. The third-order valence-corrected chi connectivity index (χ3v) is 6.86. The lowest BCUT2D eigenvalue weighted by Crippen LogP contribution is -2.34. The molecule has 0 atom stereocenters. The lowest BCUT2D eigenvalue weighted by molar-refractivity contribution is -0.137. The molecule has 0 aromatic heterocycles. The number of hydrogen-bond acceptors (Lipinski definition) is 3. The van der Waals surface area contributed by atoms with Gasteiger partial charge in [0.1, 0.15) is 0 Å². The van der Waals surface area contributed by atoms with E-state index < -0.39 is 5.97 Å². The summed E-state index contributed by atoms with van der Waals surface area (Å²) < 4.78 is 0. The van der Waals surface area contributed by atoms with E-state index in [0.29, 0.717) is 46.8 Å². The monoisotopic (exact) mass is 554 g/mol. The highest BCUT2D eigenvalue weighted by atomic mass is 35.5. The normalized spacial score (nSPS) is 10.6. The van der Waals surface area contributed by atoms with E-state index in [0.717, 1.165) is 17.5 Å². The molecule has 0 aliphatic carbocycles. The molecule has 4 rings (SSSR count). The van der Waals surface area contributed by atoms with Gasteiger partial charge in [0.15, 0.2) is 0 Å². The summed E-state index contributed by atoms with van der Waals surface area (Å²) in [5.74, 6) is -1.49. The Labute approximate surface area is 239 Å². The zero-order valence-electron chi connectivity index (χ0n) is 22.1. The first-order valence-electron chi connectivity index (χ1n) is 13.2. The molecule has 0 radical (unpaired) electrons. The van der Waals surface area contributed by atoms with Gasteiger partial charge < -0.3 is 15.3 Å². The van der Waals surface area contributed by atoms with Crippen molar-refractivity contribution < 1.29 is 19.5 Å². The molecule has 0 aliphatic rings. The van der Waals surface area contributed by atoms with E-state index in [2.05, 4.69) is 5.32 Å². The number of carboxylic acid groups (broad SMARTS) is 1. The number of rotatable bonds is 12. The summed E-state index contributed by atoms with van der Waals surface area (Å²) in [7, 11) is 0. The highest BCUT2D eigenvalue weighted by molar-refractivity contribution is 6.30. The van der Waals surface area contributed by atoms with Crippen LogP contribution in [0.4, 0.5) is 0 Å². The fourth-order valence-corrected chi connectivity index (χ4v) is 4.66. The predicted molar refractivity (Wildman–Crippen MR) is 157 cm³/mol.